The maximum absolute atomic E-state index is 11.6. The van der Waals surface area contributed by atoms with E-state index in [1.165, 1.54) is 0 Å². The third-order valence-electron chi connectivity index (χ3n) is 5.48. The minimum Gasteiger partial charge on any atom is -0.444 e. The quantitative estimate of drug-likeness (QED) is 0.314. The summed E-state index contributed by atoms with van der Waals surface area (Å²) < 4.78 is 11.2. The van der Waals surface area contributed by atoms with Crippen molar-refractivity contribution in [1.29, 1.82) is 0 Å². The Morgan fingerprint density at radius 2 is 1.87 bits per heavy atom. The van der Waals surface area contributed by atoms with Crippen LogP contribution >= 0.6 is 0 Å². The number of nitrogens with one attached hydrogen (secondary N) is 2. The van der Waals surface area contributed by atoms with Gasteiger partial charge in [0.1, 0.15) is 5.60 Å². The van der Waals surface area contributed by atoms with Crippen molar-refractivity contribution >= 4 is 12.1 Å². The molecule has 1 aliphatic heterocycles. The van der Waals surface area contributed by atoms with E-state index in [0.717, 1.165) is 70.5 Å². The van der Waals surface area contributed by atoms with Gasteiger partial charge in [0.2, 0.25) is 0 Å². The van der Waals surface area contributed by atoms with Crippen molar-refractivity contribution in [2.24, 2.45) is 4.99 Å². The zero-order chi connectivity index (χ0) is 22.0. The molecule has 0 aromatic carbocycles. The highest BCUT2D eigenvalue weighted by Crippen LogP contribution is 2.29. The fourth-order valence-electron chi connectivity index (χ4n) is 3.90. The number of ether oxygens (including phenoxy) is 2. The first-order chi connectivity index (χ1) is 14.2. The lowest BCUT2D eigenvalue weighted by atomic mass is 10.0. The SMILES string of the molecule is CCNC(=NCC1(O)CCCC1)N1CCC(OCCCNC(=O)OC(C)(C)C)CC1. The van der Waals surface area contributed by atoms with E-state index in [1.54, 1.807) is 0 Å². The van der Waals surface area contributed by atoms with Crippen molar-refractivity contribution in [2.75, 3.05) is 39.3 Å². The summed E-state index contributed by atoms with van der Waals surface area (Å²) in [5, 5.41) is 16.7. The molecular formula is C22H42N4O4. The average Bonchev–Trinajstić information content (AvgIpc) is 3.11. The number of nitrogens with zero attached hydrogens (tertiary/aromatic N) is 2. The van der Waals surface area contributed by atoms with E-state index >= 15 is 0 Å². The van der Waals surface area contributed by atoms with E-state index < -0.39 is 11.2 Å². The molecule has 0 bridgehead atoms. The number of hydrogen-bond acceptors (Lipinski definition) is 5. The second kappa shape index (κ2) is 11.7. The highest BCUT2D eigenvalue weighted by Gasteiger charge is 2.31. The van der Waals surface area contributed by atoms with Crippen LogP contribution < -0.4 is 10.6 Å². The van der Waals surface area contributed by atoms with Gasteiger partial charge in [-0.1, -0.05) is 12.8 Å². The fraction of sp³-hybridized carbons (Fsp3) is 0.909. The minimum atomic E-state index is -0.616. The van der Waals surface area contributed by atoms with Crippen LogP contribution in [-0.2, 0) is 9.47 Å². The smallest absolute Gasteiger partial charge is 0.407 e. The monoisotopic (exact) mass is 426 g/mol. The number of carbonyl (C=O) groups excluding carboxylic acids is 1. The molecule has 0 unspecified atom stereocenters. The summed E-state index contributed by atoms with van der Waals surface area (Å²) in [4.78, 5) is 18.6. The van der Waals surface area contributed by atoms with Crippen LogP contribution in [0.5, 0.6) is 0 Å². The topological polar surface area (TPSA) is 95.4 Å². The number of aliphatic hydroxyl groups is 1. The van der Waals surface area contributed by atoms with E-state index in [0.29, 0.717) is 19.7 Å². The zero-order valence-electron chi connectivity index (χ0n) is 19.3. The van der Waals surface area contributed by atoms with Crippen LogP contribution in [0.25, 0.3) is 0 Å². The van der Waals surface area contributed by atoms with E-state index in [4.69, 9.17) is 14.5 Å². The molecule has 2 aliphatic rings. The summed E-state index contributed by atoms with van der Waals surface area (Å²) in [5.41, 5.74) is -1.09. The van der Waals surface area contributed by atoms with Gasteiger partial charge in [0.15, 0.2) is 5.96 Å². The van der Waals surface area contributed by atoms with Crippen molar-refractivity contribution in [3.8, 4) is 0 Å². The molecule has 1 aliphatic carbocycles. The van der Waals surface area contributed by atoms with Gasteiger partial charge >= 0.3 is 6.09 Å². The number of aliphatic imine (C=N–C) groups is 1. The number of likely N-dealkylation sites (tertiary alicyclic amines) is 1. The van der Waals surface area contributed by atoms with Gasteiger partial charge in [0, 0.05) is 32.8 Å². The van der Waals surface area contributed by atoms with Crippen molar-refractivity contribution in [3.05, 3.63) is 0 Å². The second-order valence-corrected chi connectivity index (χ2v) is 9.44. The number of guanidine groups is 1. The van der Waals surface area contributed by atoms with Gasteiger partial charge in [-0.3, -0.25) is 4.99 Å². The summed E-state index contributed by atoms with van der Waals surface area (Å²) >= 11 is 0. The lowest BCUT2D eigenvalue weighted by molar-refractivity contribution is 0.0167. The Hall–Kier alpha value is -1.54. The first-order valence-electron chi connectivity index (χ1n) is 11.5. The Balaban J connectivity index is 1.64. The summed E-state index contributed by atoms with van der Waals surface area (Å²) in [7, 11) is 0. The van der Waals surface area contributed by atoms with Gasteiger partial charge in [-0.05, 0) is 59.8 Å². The summed E-state index contributed by atoms with van der Waals surface area (Å²) in [6.07, 6.45) is 6.43. The lowest BCUT2D eigenvalue weighted by Crippen LogP contribution is -2.47. The van der Waals surface area contributed by atoms with Crippen LogP contribution in [0.3, 0.4) is 0 Å². The molecule has 1 amide bonds. The van der Waals surface area contributed by atoms with Crippen molar-refractivity contribution in [3.63, 3.8) is 0 Å². The number of alkyl carbamates (subject to hydrolysis) is 1. The highest BCUT2D eigenvalue weighted by molar-refractivity contribution is 5.80. The zero-order valence-corrected chi connectivity index (χ0v) is 19.3. The number of rotatable bonds is 8. The number of piperidine rings is 1. The van der Waals surface area contributed by atoms with Gasteiger partial charge in [-0.2, -0.15) is 0 Å². The predicted molar refractivity (Wildman–Crippen MR) is 119 cm³/mol. The van der Waals surface area contributed by atoms with E-state index in [2.05, 4.69) is 22.5 Å². The molecule has 1 heterocycles. The van der Waals surface area contributed by atoms with E-state index in [9.17, 15) is 9.90 Å². The van der Waals surface area contributed by atoms with Crippen molar-refractivity contribution < 1.29 is 19.4 Å². The van der Waals surface area contributed by atoms with Gasteiger partial charge in [-0.25, -0.2) is 4.79 Å². The molecule has 1 saturated heterocycles. The van der Waals surface area contributed by atoms with Crippen molar-refractivity contribution in [1.82, 2.24) is 15.5 Å². The Morgan fingerprint density at radius 3 is 2.47 bits per heavy atom. The molecule has 0 spiro atoms. The summed E-state index contributed by atoms with van der Waals surface area (Å²) in [6, 6.07) is 0. The maximum Gasteiger partial charge on any atom is 0.407 e. The summed E-state index contributed by atoms with van der Waals surface area (Å²) in [6.45, 7) is 11.9. The Kier molecular flexibility index (Phi) is 9.68. The molecule has 1 saturated carbocycles. The molecule has 0 aromatic heterocycles. The standard InChI is InChI=1S/C22H42N4O4/c1-5-23-19(25-17-22(28)11-6-7-12-22)26-14-9-18(10-15-26)29-16-8-13-24-20(27)30-21(2,3)4/h18,28H,5-17H2,1-4H3,(H,23,25)(H,24,27). The molecule has 3 N–H and O–H groups in total. The molecular weight excluding hydrogens is 384 g/mol. The molecule has 0 atom stereocenters. The van der Waals surface area contributed by atoms with Crippen LogP contribution in [0.1, 0.15) is 72.6 Å². The molecule has 174 valence electrons. The molecule has 8 nitrogen and oxygen atoms in total. The van der Waals surface area contributed by atoms with E-state index in [-0.39, 0.29) is 12.2 Å². The number of amides is 1. The number of carbonyl (C=O) groups is 1. The average molecular weight is 427 g/mol. The lowest BCUT2D eigenvalue weighted by Gasteiger charge is -2.34. The normalized spacial score (nSPS) is 20.3. The third kappa shape index (κ3) is 9.08. The van der Waals surface area contributed by atoms with Gasteiger partial charge in [0.05, 0.1) is 18.2 Å². The molecule has 30 heavy (non-hydrogen) atoms. The fourth-order valence-corrected chi connectivity index (χ4v) is 3.90. The van der Waals surface area contributed by atoms with Gasteiger partial charge in [-0.15, -0.1) is 0 Å². The first-order valence-corrected chi connectivity index (χ1v) is 11.5. The van der Waals surface area contributed by atoms with Gasteiger partial charge < -0.3 is 30.1 Å². The molecule has 0 aromatic rings. The second-order valence-electron chi connectivity index (χ2n) is 9.44. The van der Waals surface area contributed by atoms with Crippen LogP contribution in [0.4, 0.5) is 4.79 Å². The van der Waals surface area contributed by atoms with Crippen LogP contribution in [0.15, 0.2) is 4.99 Å². The Morgan fingerprint density at radius 1 is 1.20 bits per heavy atom. The van der Waals surface area contributed by atoms with E-state index in [1.807, 2.05) is 20.8 Å². The summed E-state index contributed by atoms with van der Waals surface area (Å²) in [5.74, 6) is 0.901. The number of hydrogen-bond donors (Lipinski definition) is 3. The van der Waals surface area contributed by atoms with Crippen molar-refractivity contribution in [2.45, 2.75) is 89.9 Å². The Bertz CT molecular complexity index is 548. The van der Waals surface area contributed by atoms with Crippen LogP contribution in [-0.4, -0.2) is 78.7 Å². The first kappa shape index (κ1) is 24.7. The minimum absolute atomic E-state index is 0.240. The van der Waals surface area contributed by atoms with Crippen LogP contribution in [0.2, 0.25) is 0 Å². The molecule has 2 fully saturated rings. The maximum atomic E-state index is 11.6. The van der Waals surface area contributed by atoms with Gasteiger partial charge in [0.25, 0.3) is 0 Å². The molecule has 2 rings (SSSR count). The Labute approximate surface area is 181 Å². The molecule has 8 heteroatoms. The molecule has 0 radical (unpaired) electrons. The predicted octanol–water partition coefficient (Wildman–Crippen LogP) is 2.65. The largest absolute Gasteiger partial charge is 0.444 e. The van der Waals surface area contributed by atoms with Crippen LogP contribution in [0, 0.1) is 0 Å². The highest BCUT2D eigenvalue weighted by atomic mass is 16.6. The third-order valence-corrected chi connectivity index (χ3v) is 5.48.